The van der Waals surface area contributed by atoms with Gasteiger partial charge in [0.2, 0.25) is 0 Å². The number of Topliss-reactive ketones (excluding diaryl/α,β-unsaturated/α-hetero) is 1. The van der Waals surface area contributed by atoms with Crippen LogP contribution in [0.15, 0.2) is 272 Å². The van der Waals surface area contributed by atoms with Gasteiger partial charge in [0.05, 0.1) is 18.7 Å². The van der Waals surface area contributed by atoms with Gasteiger partial charge in [-0.1, -0.05) is 242 Å². The molecule has 25 nitrogen and oxygen atoms in total. The number of pyridine rings is 1. The van der Waals surface area contributed by atoms with E-state index < -0.39 is 84.1 Å². The maximum Gasteiger partial charge on any atom is 0.322 e. The highest BCUT2D eigenvalue weighted by Gasteiger charge is 2.19. The zero-order chi connectivity index (χ0) is 85.9. The zero-order valence-electron chi connectivity index (χ0n) is 65.0. The minimum atomic E-state index is -1.07. The van der Waals surface area contributed by atoms with Gasteiger partial charge < -0.3 is 85.4 Å². The van der Waals surface area contributed by atoms with Crippen LogP contribution < -0.4 is 44.9 Å². The highest BCUT2D eigenvalue weighted by atomic mass is 32.2. The molecule has 0 spiro atoms. The average molecular weight is 1640 g/mol. The van der Waals surface area contributed by atoms with Crippen molar-refractivity contribution in [2.75, 3.05) is 12.4 Å². The van der Waals surface area contributed by atoms with Gasteiger partial charge in [-0.3, -0.25) is 43.3 Å². The first-order valence-corrected chi connectivity index (χ1v) is 39.4. The fourth-order valence-corrected chi connectivity index (χ4v) is 12.7. The number of aromatic nitrogens is 1. The summed E-state index contributed by atoms with van der Waals surface area (Å²) in [5.41, 5.74) is 50.1. The van der Waals surface area contributed by atoms with E-state index in [0.717, 1.165) is 83.1 Å². The van der Waals surface area contributed by atoms with Crippen LogP contribution >= 0.6 is 23.1 Å². The van der Waals surface area contributed by atoms with Gasteiger partial charge >= 0.3 is 41.8 Å². The van der Waals surface area contributed by atoms with Crippen LogP contribution in [0.3, 0.4) is 0 Å². The molecule has 12 aromatic rings. The van der Waals surface area contributed by atoms with Gasteiger partial charge in [-0.15, -0.1) is 11.3 Å². The molecule has 10 aromatic carbocycles. The van der Waals surface area contributed by atoms with Crippen LogP contribution in [0.5, 0.6) is 5.75 Å². The number of carboxylic acids is 7. The fraction of sp³-hybridized carbons (Fsp3) is 0.220. The summed E-state index contributed by atoms with van der Waals surface area (Å²) in [4.78, 5) is 90.1. The number of carbonyl (C=O) groups is 8. The number of fused-ring (bicyclic) bond motifs is 3. The average Bonchev–Trinajstić information content (AvgIpc) is 1.55. The van der Waals surface area contributed by atoms with E-state index in [9.17, 15) is 38.4 Å². The minimum absolute atomic E-state index is 0.0111. The lowest BCUT2D eigenvalue weighted by molar-refractivity contribution is -0.140. The van der Waals surface area contributed by atoms with E-state index in [1.807, 2.05) is 267 Å². The van der Waals surface area contributed by atoms with Crippen LogP contribution in [0.25, 0.3) is 42.9 Å². The maximum absolute atomic E-state index is 11.8. The summed E-state index contributed by atoms with van der Waals surface area (Å²) in [5.74, 6) is -4.95. The molecule has 0 saturated heterocycles. The summed E-state index contributed by atoms with van der Waals surface area (Å²) >= 11 is 3.16. The molecule has 0 amide bonds. The number of nitrogens with zero attached hydrogens (tertiary/aromatic N) is 1. The molecule has 0 saturated carbocycles. The number of aryl methyl sites for hydroxylation is 1. The second kappa shape index (κ2) is 50.9. The van der Waals surface area contributed by atoms with Gasteiger partial charge in [0.1, 0.15) is 60.4 Å². The lowest BCUT2D eigenvalue weighted by Gasteiger charge is -2.09. The summed E-state index contributed by atoms with van der Waals surface area (Å²) in [5, 5.41) is 67.0. The Hall–Kier alpha value is -12.4. The molecule has 0 bridgehead atoms. The Kier molecular flexibility index (Phi) is 40.7. The first-order chi connectivity index (χ1) is 56.5. The van der Waals surface area contributed by atoms with Gasteiger partial charge in [0, 0.05) is 46.5 Å². The van der Waals surface area contributed by atoms with E-state index in [4.69, 9.17) is 85.4 Å². The van der Waals surface area contributed by atoms with Crippen molar-refractivity contribution in [2.24, 2.45) is 40.1 Å². The number of hydrogen-bond donors (Lipinski definition) is 14. The van der Waals surface area contributed by atoms with E-state index in [-0.39, 0.29) is 31.7 Å². The van der Waals surface area contributed by atoms with Gasteiger partial charge in [0.25, 0.3) is 0 Å². The van der Waals surface area contributed by atoms with Crippen LogP contribution in [0.2, 0.25) is 0 Å². The number of benzene rings is 10. The zero-order valence-corrected chi connectivity index (χ0v) is 66.7. The summed E-state index contributed by atoms with van der Waals surface area (Å²) in [6.45, 7) is 2.97. The number of rotatable bonds is 32. The molecule has 12 rings (SSSR count). The molecule has 0 radical (unpaired) electrons. The van der Waals surface area contributed by atoms with Crippen LogP contribution in [0, 0.1) is 6.92 Å². The lowest BCUT2D eigenvalue weighted by atomic mass is 10.0. The summed E-state index contributed by atoms with van der Waals surface area (Å²) in [6.07, 6.45) is 2.00. The van der Waals surface area contributed by atoms with Crippen molar-refractivity contribution in [1.82, 2.24) is 4.98 Å². The first kappa shape index (κ1) is 94.5. The largest absolute Gasteiger partial charge is 0.489 e. The molecular formula is C91H100N8O17S2. The molecule has 118 heavy (non-hydrogen) atoms. The number of thioether (sulfide) groups is 1. The topological polar surface area (TPSA) is 492 Å². The smallest absolute Gasteiger partial charge is 0.322 e. The lowest BCUT2D eigenvalue weighted by Crippen LogP contribution is -2.34. The molecule has 2 aromatic heterocycles. The maximum atomic E-state index is 11.8. The van der Waals surface area contributed by atoms with Crippen molar-refractivity contribution in [2.45, 2.75) is 113 Å². The molecule has 0 aliphatic rings. The van der Waals surface area contributed by atoms with Crippen molar-refractivity contribution in [1.29, 1.82) is 0 Å². The molecule has 27 heteroatoms. The molecule has 7 unspecified atom stereocenters. The molecule has 618 valence electrons. The van der Waals surface area contributed by atoms with Crippen molar-refractivity contribution < 1.29 is 83.6 Å². The van der Waals surface area contributed by atoms with E-state index in [0.29, 0.717) is 50.3 Å². The van der Waals surface area contributed by atoms with E-state index in [2.05, 4.69) is 17.1 Å². The third kappa shape index (κ3) is 35.4. The van der Waals surface area contributed by atoms with Gasteiger partial charge in [0.15, 0.2) is 0 Å². The molecule has 0 aliphatic heterocycles. The highest BCUT2D eigenvalue weighted by molar-refractivity contribution is 7.98. The Morgan fingerprint density at radius 2 is 0.847 bits per heavy atom. The van der Waals surface area contributed by atoms with Crippen LogP contribution in [-0.4, -0.2) is 143 Å². The molecule has 2 heterocycles. The Bertz CT molecular complexity index is 5110. The van der Waals surface area contributed by atoms with Crippen LogP contribution in [-0.2, 0) is 94.2 Å². The normalized spacial score (nSPS) is 12.3. The number of para-hydroxylation sites is 1. The highest BCUT2D eigenvalue weighted by Crippen LogP contribution is 2.27. The molecule has 21 N–H and O–H groups in total. The van der Waals surface area contributed by atoms with E-state index in [1.165, 1.54) is 15.8 Å². The fourth-order valence-electron chi connectivity index (χ4n) is 10.8. The summed E-state index contributed by atoms with van der Waals surface area (Å²) in [6, 6.07) is 79.9. The van der Waals surface area contributed by atoms with Crippen LogP contribution in [0.4, 0.5) is 0 Å². The molecule has 0 aliphatic carbocycles. The summed E-state index contributed by atoms with van der Waals surface area (Å²) < 4.78 is 12.0. The third-order valence-corrected chi connectivity index (χ3v) is 19.6. The summed E-state index contributed by atoms with van der Waals surface area (Å²) in [7, 11) is 0. The standard InChI is InChI=1S/2C16H17NO3.C15H15NO2.C12H12N2O2.C11H11NO2S.C11H15NO2S.C10H13NO3/c17-15(16(19)20)8-7-14(18)10-11-5-6-12-3-1-2-4-13(12)9-11;17-15(16(18)19)10-12-6-8-14(9-7-12)20-11-13-4-2-1-3-5-13;16-14(15(17)18)10-11-6-8-13(9-7-11)12-4-2-1-3-5-12;13-10(12(15)16)7-9-6-5-8-3-1-2-4-11(8)14-9;12-9(11(13)14)5-7-6-15-10-4-2-1-3-8(7)10;1-8-2-4-9(5-3-8)6-15-7-10(12)11(13)14;11-9(10(12)13)7-14-6-8-4-2-1-3-5-8/h1-6,9,15H,7-8,10,17H2,(H,19,20);1-9,15H,10-11,17H2,(H,18,19);1-9,14H,10,16H2,(H,17,18);1-6,10H,7,13H2,(H,15,16);1-4,6,9H,5,12H2,(H,13,14);2-5,10H,6-7,12H2,1H3,(H,13,14);1-5,9H,6-7,11H2,(H,12,13). The number of hydrogen-bond acceptors (Lipinski definition) is 20. The first-order valence-electron chi connectivity index (χ1n) is 37.3. The number of nitrogens with two attached hydrogens (primary N) is 7. The Morgan fingerprint density at radius 1 is 0.398 bits per heavy atom. The van der Waals surface area contributed by atoms with E-state index in [1.54, 1.807) is 23.1 Å². The molecular weight excluding hydrogens is 1540 g/mol. The monoisotopic (exact) mass is 1640 g/mol. The Balaban J connectivity index is 0.000000215. The third-order valence-electron chi connectivity index (χ3n) is 17.5. The second-order valence-corrected chi connectivity index (χ2v) is 29.0. The Morgan fingerprint density at radius 3 is 1.42 bits per heavy atom. The minimum Gasteiger partial charge on any atom is -0.489 e. The SMILES string of the molecule is Cc1ccc(CSCC(N)C(=O)O)cc1.NC(CCC(=O)Cc1ccc2ccccc2c1)C(=O)O.NC(COCc1ccccc1)C(=O)O.NC(Cc1ccc(-c2ccccc2)cc1)C(=O)O.NC(Cc1ccc(OCc2ccccc2)cc1)C(=O)O.NC(Cc1ccc2ccccc2n1)C(=O)O.NC(Cc1csc2ccccc12)C(=O)O. The second-order valence-electron chi connectivity index (χ2n) is 27.1. The molecule has 7 atom stereocenters. The number of ketones is 1. The predicted octanol–water partition coefficient (Wildman–Crippen LogP) is 12.0. The van der Waals surface area contributed by atoms with Gasteiger partial charge in [-0.2, -0.15) is 11.8 Å². The number of aliphatic carboxylic acids is 7. The Labute approximate surface area is 692 Å². The van der Waals surface area contributed by atoms with Crippen molar-refractivity contribution in [3.63, 3.8) is 0 Å². The predicted molar refractivity (Wildman–Crippen MR) is 462 cm³/mol. The quantitative estimate of drug-likeness (QED) is 0.0186. The van der Waals surface area contributed by atoms with Crippen LogP contribution in [0.1, 0.15) is 63.0 Å². The van der Waals surface area contributed by atoms with Crippen molar-refractivity contribution >= 4 is 102 Å². The number of carboxylic acid groups (broad SMARTS) is 7. The number of thiophene rings is 1. The van der Waals surface area contributed by atoms with E-state index >= 15 is 0 Å². The number of ether oxygens (including phenoxy) is 2. The van der Waals surface area contributed by atoms with Crippen molar-refractivity contribution in [3.8, 4) is 16.9 Å². The van der Waals surface area contributed by atoms with Gasteiger partial charge in [-0.25, -0.2) is 0 Å². The van der Waals surface area contributed by atoms with Crippen molar-refractivity contribution in [3.05, 3.63) is 323 Å². The number of carbonyl (C=O) groups excluding carboxylic acids is 1. The van der Waals surface area contributed by atoms with Gasteiger partial charge in [-0.05, 0) is 135 Å². The molecule has 0 fully saturated rings.